The molecule has 2 atom stereocenters. The van der Waals surface area contributed by atoms with Crippen LogP contribution in [0.1, 0.15) is 31.7 Å². The van der Waals surface area contributed by atoms with Crippen molar-refractivity contribution in [3.63, 3.8) is 0 Å². The number of likely N-dealkylation sites (N-methyl/N-ethyl adjacent to an activating group) is 1. The Morgan fingerprint density at radius 2 is 2.23 bits per heavy atom. The molecule has 1 amide bonds. The topological polar surface area (TPSA) is 63.5 Å². The molecule has 0 saturated heterocycles. The van der Waals surface area contributed by atoms with Gasteiger partial charge in [0.15, 0.2) is 0 Å². The van der Waals surface area contributed by atoms with Crippen LogP contribution in [0.4, 0.5) is 5.69 Å². The van der Waals surface area contributed by atoms with E-state index < -0.39 is 4.92 Å². The smallest absolute Gasteiger partial charge is 0.269 e. The fourth-order valence-corrected chi connectivity index (χ4v) is 4.07. The van der Waals surface area contributed by atoms with Crippen molar-refractivity contribution >= 4 is 23.4 Å². The number of nitrogens with zero attached hydrogens (tertiary/aromatic N) is 2. The number of hydrogen-bond acceptors (Lipinski definition) is 4. The second-order valence-corrected chi connectivity index (χ2v) is 7.23. The Kier molecular flexibility index (Phi) is 5.83. The molecule has 0 spiro atoms. The van der Waals surface area contributed by atoms with E-state index in [0.29, 0.717) is 16.9 Å². The molecule has 1 aromatic carbocycles. The monoisotopic (exact) mass is 322 g/mol. The standard InChI is InChI=1S/C16H22N2O3S/c1-3-22-15-8-7-13(11-15)17(2)16(19)10-12-5-4-6-14(9-12)18(20)21/h4-6,9,13,15H,3,7-8,10-11H2,1-2H3/t13-,15-/m1/s1. The van der Waals surface area contributed by atoms with Gasteiger partial charge in [0.25, 0.3) is 5.69 Å². The molecule has 0 aliphatic heterocycles. The van der Waals surface area contributed by atoms with Gasteiger partial charge < -0.3 is 4.90 Å². The second-order valence-electron chi connectivity index (χ2n) is 5.65. The van der Waals surface area contributed by atoms with Gasteiger partial charge in [-0.05, 0) is 30.6 Å². The summed E-state index contributed by atoms with van der Waals surface area (Å²) in [7, 11) is 1.85. The van der Waals surface area contributed by atoms with Gasteiger partial charge in [0.05, 0.1) is 11.3 Å². The fourth-order valence-electron chi connectivity index (χ4n) is 2.94. The molecule has 2 rings (SSSR count). The van der Waals surface area contributed by atoms with Crippen LogP contribution < -0.4 is 0 Å². The molecule has 0 radical (unpaired) electrons. The minimum Gasteiger partial charge on any atom is -0.342 e. The summed E-state index contributed by atoms with van der Waals surface area (Å²) < 4.78 is 0. The molecule has 1 aliphatic carbocycles. The number of amides is 1. The van der Waals surface area contributed by atoms with E-state index in [4.69, 9.17) is 0 Å². The van der Waals surface area contributed by atoms with Crippen LogP contribution in [-0.2, 0) is 11.2 Å². The van der Waals surface area contributed by atoms with Crippen molar-refractivity contribution < 1.29 is 9.72 Å². The van der Waals surface area contributed by atoms with Gasteiger partial charge in [-0.3, -0.25) is 14.9 Å². The van der Waals surface area contributed by atoms with Gasteiger partial charge in [-0.25, -0.2) is 0 Å². The highest BCUT2D eigenvalue weighted by Gasteiger charge is 2.29. The zero-order valence-corrected chi connectivity index (χ0v) is 13.8. The third-order valence-corrected chi connectivity index (χ3v) is 5.41. The molecule has 0 N–H and O–H groups in total. The number of thioether (sulfide) groups is 1. The number of non-ortho nitro benzene ring substituents is 1. The van der Waals surface area contributed by atoms with E-state index in [9.17, 15) is 14.9 Å². The van der Waals surface area contributed by atoms with Crippen molar-refractivity contribution in [2.75, 3.05) is 12.8 Å². The summed E-state index contributed by atoms with van der Waals surface area (Å²) in [5.41, 5.74) is 0.733. The van der Waals surface area contributed by atoms with Crippen LogP contribution >= 0.6 is 11.8 Å². The number of nitro benzene ring substituents is 1. The number of carbonyl (C=O) groups is 1. The summed E-state index contributed by atoms with van der Waals surface area (Å²) in [5.74, 6) is 1.15. The van der Waals surface area contributed by atoms with E-state index in [2.05, 4.69) is 6.92 Å². The molecule has 1 fully saturated rings. The number of benzene rings is 1. The van der Waals surface area contributed by atoms with Crippen molar-refractivity contribution in [1.29, 1.82) is 0 Å². The van der Waals surface area contributed by atoms with Crippen LogP contribution in [-0.4, -0.2) is 39.8 Å². The van der Waals surface area contributed by atoms with E-state index in [-0.39, 0.29) is 18.0 Å². The second kappa shape index (κ2) is 7.63. The van der Waals surface area contributed by atoms with Crippen LogP contribution in [0.2, 0.25) is 0 Å². The zero-order valence-electron chi connectivity index (χ0n) is 13.0. The van der Waals surface area contributed by atoms with Crippen molar-refractivity contribution in [1.82, 2.24) is 4.90 Å². The Hall–Kier alpha value is -1.56. The van der Waals surface area contributed by atoms with Crippen molar-refractivity contribution in [2.24, 2.45) is 0 Å². The van der Waals surface area contributed by atoms with Gasteiger partial charge in [0.1, 0.15) is 0 Å². The third kappa shape index (κ3) is 4.22. The Morgan fingerprint density at radius 3 is 2.91 bits per heavy atom. The minimum atomic E-state index is -0.429. The molecule has 0 unspecified atom stereocenters. The lowest BCUT2D eigenvalue weighted by Crippen LogP contribution is -2.36. The molecule has 0 aromatic heterocycles. The average Bonchev–Trinajstić information content (AvgIpc) is 2.95. The van der Waals surface area contributed by atoms with E-state index in [1.165, 1.54) is 12.1 Å². The van der Waals surface area contributed by atoms with Gasteiger partial charge >= 0.3 is 0 Å². The van der Waals surface area contributed by atoms with E-state index >= 15 is 0 Å². The third-order valence-electron chi connectivity index (χ3n) is 4.18. The molecular formula is C16H22N2O3S. The first-order valence-electron chi connectivity index (χ1n) is 7.61. The van der Waals surface area contributed by atoms with Gasteiger partial charge in [0.2, 0.25) is 5.91 Å². The average molecular weight is 322 g/mol. The lowest BCUT2D eigenvalue weighted by molar-refractivity contribution is -0.384. The summed E-state index contributed by atoms with van der Waals surface area (Å²) >= 11 is 1.97. The van der Waals surface area contributed by atoms with Crippen LogP contribution in [0.15, 0.2) is 24.3 Å². The first kappa shape index (κ1) is 16.8. The van der Waals surface area contributed by atoms with Crippen LogP contribution in [0, 0.1) is 10.1 Å². The van der Waals surface area contributed by atoms with Crippen molar-refractivity contribution in [2.45, 2.75) is 43.9 Å². The maximum Gasteiger partial charge on any atom is 0.269 e. The lowest BCUT2D eigenvalue weighted by Gasteiger charge is -2.24. The van der Waals surface area contributed by atoms with Gasteiger partial charge in [-0.15, -0.1) is 0 Å². The SMILES string of the molecule is CCS[C@@H]1CC[C@@H](N(C)C(=O)Cc2cccc([N+](=O)[O-])c2)C1. The molecule has 22 heavy (non-hydrogen) atoms. The fraction of sp³-hybridized carbons (Fsp3) is 0.562. The first-order chi connectivity index (χ1) is 10.5. The van der Waals surface area contributed by atoms with E-state index in [1.54, 1.807) is 12.1 Å². The van der Waals surface area contributed by atoms with Crippen molar-refractivity contribution in [3.8, 4) is 0 Å². The maximum absolute atomic E-state index is 12.4. The Bertz CT molecular complexity index is 550. The summed E-state index contributed by atoms with van der Waals surface area (Å²) in [4.78, 5) is 24.6. The normalized spacial score (nSPS) is 20.8. The molecule has 6 heteroatoms. The quantitative estimate of drug-likeness (QED) is 0.595. The maximum atomic E-state index is 12.4. The molecule has 1 aliphatic rings. The summed E-state index contributed by atoms with van der Waals surface area (Å²) in [6, 6.07) is 6.63. The highest BCUT2D eigenvalue weighted by Crippen LogP contribution is 2.32. The summed E-state index contributed by atoms with van der Waals surface area (Å²) in [6.45, 7) is 2.16. The zero-order chi connectivity index (χ0) is 16.1. The molecule has 1 aromatic rings. The Labute approximate surface area is 135 Å². The Morgan fingerprint density at radius 1 is 1.45 bits per heavy atom. The molecule has 1 saturated carbocycles. The molecule has 0 bridgehead atoms. The van der Waals surface area contributed by atoms with Gasteiger partial charge in [0, 0.05) is 30.5 Å². The first-order valence-corrected chi connectivity index (χ1v) is 8.66. The molecular weight excluding hydrogens is 300 g/mol. The number of nitro groups is 1. The summed E-state index contributed by atoms with van der Waals surface area (Å²) in [6.07, 6.45) is 3.49. The highest BCUT2D eigenvalue weighted by molar-refractivity contribution is 7.99. The number of rotatable bonds is 6. The van der Waals surface area contributed by atoms with Crippen LogP contribution in [0.25, 0.3) is 0 Å². The van der Waals surface area contributed by atoms with Crippen LogP contribution in [0.3, 0.4) is 0 Å². The predicted octanol–water partition coefficient (Wildman–Crippen LogP) is 3.27. The van der Waals surface area contributed by atoms with E-state index in [1.807, 2.05) is 23.7 Å². The van der Waals surface area contributed by atoms with Crippen molar-refractivity contribution in [3.05, 3.63) is 39.9 Å². The van der Waals surface area contributed by atoms with E-state index in [0.717, 1.165) is 25.0 Å². The lowest BCUT2D eigenvalue weighted by atomic mass is 10.1. The summed E-state index contributed by atoms with van der Waals surface area (Å²) in [5, 5.41) is 11.4. The Balaban J connectivity index is 1.94. The molecule has 0 heterocycles. The molecule has 120 valence electrons. The van der Waals surface area contributed by atoms with Gasteiger partial charge in [-0.1, -0.05) is 19.1 Å². The largest absolute Gasteiger partial charge is 0.342 e. The van der Waals surface area contributed by atoms with Gasteiger partial charge in [-0.2, -0.15) is 11.8 Å². The predicted molar refractivity (Wildman–Crippen MR) is 89.1 cm³/mol. The minimum absolute atomic E-state index is 0.0349. The number of carbonyl (C=O) groups excluding carboxylic acids is 1. The molecule has 5 nitrogen and oxygen atoms in total. The number of hydrogen-bond donors (Lipinski definition) is 0. The highest BCUT2D eigenvalue weighted by atomic mass is 32.2. The van der Waals surface area contributed by atoms with Crippen LogP contribution in [0.5, 0.6) is 0 Å².